The van der Waals surface area contributed by atoms with Crippen LogP contribution in [0, 0.1) is 34.5 Å². The third-order valence-electron chi connectivity index (χ3n) is 8.46. The summed E-state index contributed by atoms with van der Waals surface area (Å²) in [6.45, 7) is 5.95. The number of allylic oxidation sites excluding steroid dienone is 1. The number of esters is 1. The predicted molar refractivity (Wildman–Crippen MR) is 83.8 cm³/mol. The summed E-state index contributed by atoms with van der Waals surface area (Å²) < 4.78 is 6.01. The topological polar surface area (TPSA) is 83.8 Å². The van der Waals surface area contributed by atoms with Crippen LogP contribution in [-0.2, 0) is 14.3 Å². The molecule has 0 radical (unpaired) electrons. The number of carboxylic acids is 1. The molecule has 4 aliphatic carbocycles. The molecular weight excluding hydrogens is 308 g/mol. The summed E-state index contributed by atoms with van der Waals surface area (Å²) in [5, 5.41) is 20.8. The van der Waals surface area contributed by atoms with E-state index < -0.39 is 40.9 Å². The molecule has 5 fully saturated rings. The Balaban J connectivity index is 1.76. The van der Waals surface area contributed by atoms with Gasteiger partial charge in [0.25, 0.3) is 0 Å². The summed E-state index contributed by atoms with van der Waals surface area (Å²) in [6, 6.07) is 0. The van der Waals surface area contributed by atoms with Crippen LogP contribution < -0.4 is 0 Å². The molecule has 8 atom stereocenters. The van der Waals surface area contributed by atoms with Gasteiger partial charge in [0.1, 0.15) is 5.60 Å². The van der Waals surface area contributed by atoms with Gasteiger partial charge in [-0.3, -0.25) is 9.59 Å². The highest BCUT2D eigenvalue weighted by Gasteiger charge is 2.83. The molecule has 130 valence electrons. The van der Waals surface area contributed by atoms with Crippen LogP contribution in [0.3, 0.4) is 0 Å². The molecule has 5 nitrogen and oxygen atoms in total. The van der Waals surface area contributed by atoms with Crippen molar-refractivity contribution in [2.24, 2.45) is 34.5 Å². The molecule has 0 aromatic rings. The minimum absolute atomic E-state index is 0.0878. The Morgan fingerprint density at radius 2 is 2.08 bits per heavy atom. The van der Waals surface area contributed by atoms with Crippen LogP contribution in [0.15, 0.2) is 12.2 Å². The maximum absolute atomic E-state index is 12.7. The van der Waals surface area contributed by atoms with Gasteiger partial charge >= 0.3 is 11.9 Å². The van der Waals surface area contributed by atoms with Gasteiger partial charge in [0, 0.05) is 11.8 Å². The van der Waals surface area contributed by atoms with E-state index >= 15 is 0 Å². The first kappa shape index (κ1) is 14.9. The van der Waals surface area contributed by atoms with E-state index in [2.05, 4.69) is 6.58 Å². The zero-order valence-corrected chi connectivity index (χ0v) is 14.0. The van der Waals surface area contributed by atoms with E-state index in [-0.39, 0.29) is 11.3 Å². The molecule has 4 bridgehead atoms. The van der Waals surface area contributed by atoms with Gasteiger partial charge in [-0.15, -0.1) is 0 Å². The number of carbonyl (C=O) groups is 2. The van der Waals surface area contributed by atoms with Crippen LogP contribution in [0.2, 0.25) is 0 Å². The summed E-state index contributed by atoms with van der Waals surface area (Å²) in [5.41, 5.74) is -0.953. The predicted octanol–water partition coefficient (Wildman–Crippen LogP) is 2.14. The number of hydrogen-bond donors (Lipinski definition) is 2. The Morgan fingerprint density at radius 3 is 2.79 bits per heavy atom. The first-order chi connectivity index (χ1) is 11.3. The fraction of sp³-hybridized carbons (Fsp3) is 0.789. The molecule has 1 aliphatic heterocycles. The summed E-state index contributed by atoms with van der Waals surface area (Å²) in [4.78, 5) is 25.1. The quantitative estimate of drug-likeness (QED) is 0.568. The molecule has 24 heavy (non-hydrogen) atoms. The largest absolute Gasteiger partial charge is 0.481 e. The highest BCUT2D eigenvalue weighted by molar-refractivity contribution is 5.85. The van der Waals surface area contributed by atoms with Crippen molar-refractivity contribution in [2.45, 2.75) is 57.2 Å². The van der Waals surface area contributed by atoms with E-state index in [1.165, 1.54) is 5.57 Å². The average Bonchev–Trinajstić information content (AvgIpc) is 2.98. The molecule has 2 N–H and O–H groups in total. The molecular formula is C19H24O5. The Morgan fingerprint density at radius 1 is 1.33 bits per heavy atom. The lowest BCUT2D eigenvalue weighted by molar-refractivity contribution is -0.162. The van der Waals surface area contributed by atoms with Crippen LogP contribution in [0.5, 0.6) is 0 Å². The fourth-order valence-electron chi connectivity index (χ4n) is 7.66. The van der Waals surface area contributed by atoms with Crippen LogP contribution in [-0.4, -0.2) is 33.9 Å². The SMILES string of the molecule is C=C1C[C@@]23C[C@@H]1CC[C@@H]2[C@]12CC[C@H](O)C(C)(C(=O)O1)[C@@H]2[C@H]3C(=O)O. The van der Waals surface area contributed by atoms with Crippen molar-refractivity contribution in [3.63, 3.8) is 0 Å². The second-order valence-corrected chi connectivity index (χ2v) is 9.07. The van der Waals surface area contributed by atoms with Crippen molar-refractivity contribution >= 4 is 11.9 Å². The summed E-state index contributed by atoms with van der Waals surface area (Å²) in [6.07, 6.45) is 3.81. The van der Waals surface area contributed by atoms with Crippen molar-refractivity contribution in [2.75, 3.05) is 0 Å². The molecule has 5 heteroatoms. The Kier molecular flexibility index (Phi) is 2.53. The van der Waals surface area contributed by atoms with E-state index in [0.29, 0.717) is 18.8 Å². The minimum atomic E-state index is -1.09. The second-order valence-electron chi connectivity index (χ2n) is 9.07. The number of carbonyl (C=O) groups excluding carboxylic acids is 1. The lowest BCUT2D eigenvalue weighted by atomic mass is 9.59. The van der Waals surface area contributed by atoms with E-state index in [1.54, 1.807) is 6.92 Å². The Bertz CT molecular complexity index is 685. The summed E-state index contributed by atoms with van der Waals surface area (Å²) >= 11 is 0. The van der Waals surface area contributed by atoms with Gasteiger partial charge in [0.05, 0.1) is 17.4 Å². The highest BCUT2D eigenvalue weighted by Crippen LogP contribution is 2.77. The number of hydrogen-bond acceptors (Lipinski definition) is 4. The third kappa shape index (κ3) is 1.29. The van der Waals surface area contributed by atoms with Crippen molar-refractivity contribution in [1.82, 2.24) is 0 Å². The first-order valence-corrected chi connectivity index (χ1v) is 9.09. The third-order valence-corrected chi connectivity index (χ3v) is 8.46. The summed E-state index contributed by atoms with van der Waals surface area (Å²) in [5.74, 6) is -1.78. The van der Waals surface area contributed by atoms with Gasteiger partial charge in [-0.25, -0.2) is 0 Å². The van der Waals surface area contributed by atoms with Crippen LogP contribution in [0.25, 0.3) is 0 Å². The first-order valence-electron chi connectivity index (χ1n) is 9.09. The zero-order chi connectivity index (χ0) is 17.1. The van der Waals surface area contributed by atoms with E-state index in [4.69, 9.17) is 4.74 Å². The number of aliphatic hydroxyl groups excluding tert-OH is 1. The number of carboxylic acid groups (broad SMARTS) is 1. The van der Waals surface area contributed by atoms with Crippen LogP contribution in [0.1, 0.15) is 45.4 Å². The van der Waals surface area contributed by atoms with Crippen molar-refractivity contribution in [3.8, 4) is 0 Å². The Labute approximate surface area is 141 Å². The van der Waals surface area contributed by atoms with Crippen molar-refractivity contribution in [3.05, 3.63) is 12.2 Å². The molecule has 0 aromatic heterocycles. The van der Waals surface area contributed by atoms with E-state index in [1.807, 2.05) is 0 Å². The van der Waals surface area contributed by atoms with Gasteiger partial charge in [0.15, 0.2) is 0 Å². The highest BCUT2D eigenvalue weighted by atomic mass is 16.6. The van der Waals surface area contributed by atoms with Gasteiger partial charge in [-0.2, -0.15) is 0 Å². The minimum Gasteiger partial charge on any atom is -0.481 e. The van der Waals surface area contributed by atoms with Crippen molar-refractivity contribution < 1.29 is 24.5 Å². The normalized spacial score (nSPS) is 57.5. The van der Waals surface area contributed by atoms with Crippen LogP contribution >= 0.6 is 0 Å². The molecule has 5 aliphatic rings. The molecule has 1 unspecified atom stereocenters. The number of aliphatic carboxylic acids is 1. The smallest absolute Gasteiger partial charge is 0.315 e. The molecule has 4 saturated carbocycles. The molecule has 1 heterocycles. The summed E-state index contributed by atoms with van der Waals surface area (Å²) in [7, 11) is 0. The van der Waals surface area contributed by atoms with Crippen molar-refractivity contribution in [1.29, 1.82) is 0 Å². The monoisotopic (exact) mass is 332 g/mol. The second kappa shape index (κ2) is 4.06. The lowest BCUT2D eigenvalue weighted by Crippen LogP contribution is -2.53. The number of aliphatic hydroxyl groups is 1. The molecule has 1 saturated heterocycles. The number of rotatable bonds is 1. The van der Waals surface area contributed by atoms with Gasteiger partial charge in [-0.1, -0.05) is 12.2 Å². The number of ether oxygens (including phenoxy) is 1. The molecule has 0 amide bonds. The average molecular weight is 332 g/mol. The molecule has 5 rings (SSSR count). The van der Waals surface area contributed by atoms with Crippen LogP contribution in [0.4, 0.5) is 0 Å². The van der Waals surface area contributed by atoms with Gasteiger partial charge < -0.3 is 14.9 Å². The zero-order valence-electron chi connectivity index (χ0n) is 14.0. The van der Waals surface area contributed by atoms with Gasteiger partial charge in [0.2, 0.25) is 0 Å². The number of fused-ring (bicyclic) bond motifs is 1. The molecule has 1 spiro atoms. The fourth-order valence-corrected chi connectivity index (χ4v) is 7.66. The van der Waals surface area contributed by atoms with E-state index in [9.17, 15) is 19.8 Å². The molecule has 0 aromatic carbocycles. The van der Waals surface area contributed by atoms with E-state index in [0.717, 1.165) is 25.7 Å². The van der Waals surface area contributed by atoms with Gasteiger partial charge in [-0.05, 0) is 56.8 Å². The lowest BCUT2D eigenvalue weighted by Gasteiger charge is -2.44. The maximum Gasteiger partial charge on any atom is 0.315 e. The Hall–Kier alpha value is -1.36. The standard InChI is InChI=1S/C19H24O5/c1-9-7-18-8-10(9)3-4-11(18)19-6-5-12(20)17(2,16(23)24-19)14(19)13(18)15(21)22/h10-14,20H,1,3-8H2,2H3,(H,21,22)/t10-,11-,12-,13-,14-,17?,18+,19-/m0/s1. The maximum atomic E-state index is 12.7.